The summed E-state index contributed by atoms with van der Waals surface area (Å²) < 4.78 is 23.5. The highest BCUT2D eigenvalue weighted by atomic mass is 79.9. The summed E-state index contributed by atoms with van der Waals surface area (Å²) in [5, 5.41) is 2.73. The Morgan fingerprint density at radius 1 is 1.24 bits per heavy atom. The van der Waals surface area contributed by atoms with Crippen LogP contribution in [0.5, 0.6) is 5.75 Å². The Morgan fingerprint density at radius 3 is 2.64 bits per heavy atom. The molecule has 0 spiro atoms. The number of carbonyl (C=O) groups is 2. The molecule has 7 heteroatoms. The number of esters is 1. The van der Waals surface area contributed by atoms with Gasteiger partial charge >= 0.3 is 5.97 Å². The Kier molecular flexibility index (Phi) is 6.52. The molecule has 0 saturated carbocycles. The van der Waals surface area contributed by atoms with Crippen LogP contribution >= 0.6 is 15.9 Å². The van der Waals surface area contributed by atoms with Gasteiger partial charge in [0.25, 0.3) is 5.91 Å². The van der Waals surface area contributed by atoms with Gasteiger partial charge in [0.05, 0.1) is 18.7 Å². The number of methoxy groups -OCH3 is 1. The molecule has 0 heterocycles. The van der Waals surface area contributed by atoms with Gasteiger partial charge in [-0.1, -0.05) is 18.2 Å². The Hall–Kier alpha value is -2.41. The van der Waals surface area contributed by atoms with Gasteiger partial charge in [0.15, 0.2) is 6.61 Å². The van der Waals surface area contributed by atoms with E-state index < -0.39 is 24.3 Å². The molecule has 0 aliphatic carbocycles. The van der Waals surface area contributed by atoms with Crippen molar-refractivity contribution < 1.29 is 23.5 Å². The number of hydrogen-bond acceptors (Lipinski definition) is 4. The third kappa shape index (κ3) is 5.03. The third-order valence-corrected chi connectivity index (χ3v) is 4.12. The summed E-state index contributed by atoms with van der Waals surface area (Å²) >= 11 is 3.09. The topological polar surface area (TPSA) is 64.6 Å². The van der Waals surface area contributed by atoms with Gasteiger partial charge < -0.3 is 14.8 Å². The second-order valence-electron chi connectivity index (χ2n) is 5.23. The molecule has 0 bridgehead atoms. The third-order valence-electron chi connectivity index (χ3n) is 3.47. The van der Waals surface area contributed by atoms with Gasteiger partial charge in [-0.25, -0.2) is 9.18 Å². The van der Waals surface area contributed by atoms with Crippen LogP contribution in [0.4, 0.5) is 4.39 Å². The minimum absolute atomic E-state index is 0.145. The van der Waals surface area contributed by atoms with Crippen molar-refractivity contribution in [3.05, 3.63) is 63.9 Å². The zero-order chi connectivity index (χ0) is 18.4. The highest BCUT2D eigenvalue weighted by Crippen LogP contribution is 2.24. The molecule has 1 amide bonds. The predicted molar refractivity (Wildman–Crippen MR) is 93.9 cm³/mol. The number of benzene rings is 2. The highest BCUT2D eigenvalue weighted by molar-refractivity contribution is 9.10. The first-order valence-corrected chi connectivity index (χ1v) is 8.26. The van der Waals surface area contributed by atoms with E-state index in [2.05, 4.69) is 21.2 Å². The van der Waals surface area contributed by atoms with E-state index in [9.17, 15) is 14.0 Å². The standard InChI is InChI=1S/C18H17BrFNO4/c1-11(13-5-3-4-6-16(13)24-2)21-17(22)10-25-18(23)14-8-7-12(20)9-15(14)19/h3-9,11H,10H2,1-2H3,(H,21,22). The first-order chi connectivity index (χ1) is 11.9. The van der Waals surface area contributed by atoms with Crippen molar-refractivity contribution in [1.82, 2.24) is 5.32 Å². The number of nitrogens with one attached hydrogen (secondary N) is 1. The number of ether oxygens (including phenoxy) is 2. The van der Waals surface area contributed by atoms with E-state index >= 15 is 0 Å². The maximum Gasteiger partial charge on any atom is 0.339 e. The molecule has 5 nitrogen and oxygen atoms in total. The number of para-hydroxylation sites is 1. The monoisotopic (exact) mass is 409 g/mol. The van der Waals surface area contributed by atoms with Crippen molar-refractivity contribution in [2.75, 3.05) is 13.7 Å². The van der Waals surface area contributed by atoms with Crippen molar-refractivity contribution in [3.8, 4) is 5.75 Å². The van der Waals surface area contributed by atoms with Crippen LogP contribution in [-0.2, 0) is 9.53 Å². The van der Waals surface area contributed by atoms with Gasteiger partial charge in [-0.2, -0.15) is 0 Å². The average Bonchev–Trinajstić information content (AvgIpc) is 2.59. The minimum atomic E-state index is -0.716. The minimum Gasteiger partial charge on any atom is -0.496 e. The van der Waals surface area contributed by atoms with Gasteiger partial charge in [-0.3, -0.25) is 4.79 Å². The molecule has 1 N–H and O–H groups in total. The molecule has 25 heavy (non-hydrogen) atoms. The van der Waals surface area contributed by atoms with Crippen LogP contribution in [0.2, 0.25) is 0 Å². The average molecular weight is 410 g/mol. The quantitative estimate of drug-likeness (QED) is 0.739. The van der Waals surface area contributed by atoms with Gasteiger partial charge in [0.1, 0.15) is 11.6 Å². The van der Waals surface area contributed by atoms with E-state index in [0.29, 0.717) is 5.75 Å². The summed E-state index contributed by atoms with van der Waals surface area (Å²) in [6, 6.07) is 10.6. The normalized spacial score (nSPS) is 11.5. The Bertz CT molecular complexity index is 781. The molecular formula is C18H17BrFNO4. The van der Waals surface area contributed by atoms with Gasteiger partial charge in [-0.15, -0.1) is 0 Å². The molecule has 2 aromatic carbocycles. The van der Waals surface area contributed by atoms with E-state index in [1.165, 1.54) is 6.07 Å². The van der Waals surface area contributed by atoms with Crippen LogP contribution in [0.1, 0.15) is 28.9 Å². The van der Waals surface area contributed by atoms with Crippen molar-refractivity contribution in [3.63, 3.8) is 0 Å². The largest absolute Gasteiger partial charge is 0.496 e. The lowest BCUT2D eigenvalue weighted by Gasteiger charge is -2.17. The summed E-state index contributed by atoms with van der Waals surface area (Å²) in [7, 11) is 1.55. The number of hydrogen-bond donors (Lipinski definition) is 1. The number of halogens is 2. The van der Waals surface area contributed by atoms with Gasteiger partial charge in [0.2, 0.25) is 0 Å². The zero-order valence-electron chi connectivity index (χ0n) is 13.7. The maximum absolute atomic E-state index is 13.0. The second kappa shape index (κ2) is 8.62. The molecule has 0 fully saturated rings. The van der Waals surface area contributed by atoms with Crippen molar-refractivity contribution >= 4 is 27.8 Å². The van der Waals surface area contributed by atoms with Crippen molar-refractivity contribution in [1.29, 1.82) is 0 Å². The first kappa shape index (κ1) is 18.9. The SMILES string of the molecule is COc1ccccc1C(C)NC(=O)COC(=O)c1ccc(F)cc1Br. The Labute approximate surface area is 153 Å². The molecule has 132 valence electrons. The van der Waals surface area contributed by atoms with Gasteiger partial charge in [0, 0.05) is 10.0 Å². The van der Waals surface area contributed by atoms with Crippen molar-refractivity contribution in [2.24, 2.45) is 0 Å². The summed E-state index contributed by atoms with van der Waals surface area (Å²) in [5.41, 5.74) is 0.956. The fraction of sp³-hybridized carbons (Fsp3) is 0.222. The number of carbonyl (C=O) groups excluding carboxylic acids is 2. The molecule has 0 aliphatic rings. The molecular weight excluding hydrogens is 393 g/mol. The lowest BCUT2D eigenvalue weighted by molar-refractivity contribution is -0.124. The summed E-state index contributed by atoms with van der Waals surface area (Å²) in [6.45, 7) is 1.36. The second-order valence-corrected chi connectivity index (χ2v) is 6.09. The molecule has 0 aliphatic heterocycles. The molecule has 1 unspecified atom stereocenters. The zero-order valence-corrected chi connectivity index (χ0v) is 15.3. The molecule has 0 radical (unpaired) electrons. The van der Waals surface area contributed by atoms with Crippen molar-refractivity contribution in [2.45, 2.75) is 13.0 Å². The smallest absolute Gasteiger partial charge is 0.339 e. The van der Waals surface area contributed by atoms with E-state index in [4.69, 9.17) is 9.47 Å². The summed E-state index contributed by atoms with van der Waals surface area (Å²) in [5.74, 6) is -0.994. The highest BCUT2D eigenvalue weighted by Gasteiger charge is 2.17. The van der Waals surface area contributed by atoms with Crippen LogP contribution in [0.15, 0.2) is 46.9 Å². The van der Waals surface area contributed by atoms with E-state index in [0.717, 1.165) is 17.7 Å². The van der Waals surface area contributed by atoms with E-state index in [1.54, 1.807) is 20.1 Å². The van der Waals surface area contributed by atoms with Crippen LogP contribution in [0.25, 0.3) is 0 Å². The number of rotatable bonds is 6. The van der Waals surface area contributed by atoms with Gasteiger partial charge in [-0.05, 0) is 47.1 Å². The molecule has 0 saturated heterocycles. The lowest BCUT2D eigenvalue weighted by Crippen LogP contribution is -2.31. The molecule has 2 aromatic rings. The summed E-state index contributed by atoms with van der Waals surface area (Å²) in [6.07, 6.45) is 0. The predicted octanol–water partition coefficient (Wildman–Crippen LogP) is 3.63. The van der Waals surface area contributed by atoms with Crippen LogP contribution in [0, 0.1) is 5.82 Å². The van der Waals surface area contributed by atoms with E-state index in [-0.39, 0.29) is 16.1 Å². The fourth-order valence-electron chi connectivity index (χ4n) is 2.25. The Morgan fingerprint density at radius 2 is 1.96 bits per heavy atom. The maximum atomic E-state index is 13.0. The Balaban J connectivity index is 1.93. The number of amides is 1. The van der Waals surface area contributed by atoms with Crippen LogP contribution in [-0.4, -0.2) is 25.6 Å². The van der Waals surface area contributed by atoms with Crippen LogP contribution in [0.3, 0.4) is 0 Å². The molecule has 1 atom stereocenters. The summed E-state index contributed by atoms with van der Waals surface area (Å²) in [4.78, 5) is 24.0. The fourth-order valence-corrected chi connectivity index (χ4v) is 2.76. The molecule has 0 aromatic heterocycles. The molecule has 2 rings (SSSR count). The first-order valence-electron chi connectivity index (χ1n) is 7.47. The van der Waals surface area contributed by atoms with E-state index in [1.807, 2.05) is 18.2 Å². The van der Waals surface area contributed by atoms with Crippen LogP contribution < -0.4 is 10.1 Å². The lowest BCUT2D eigenvalue weighted by atomic mass is 10.1.